The average Bonchev–Trinajstić information content (AvgIpc) is 1.65. The van der Waals surface area contributed by atoms with Crippen molar-refractivity contribution in [2.24, 2.45) is 0 Å². The molecule has 12 aromatic rings. The van der Waals surface area contributed by atoms with Gasteiger partial charge in [0, 0.05) is 72.3 Å². The van der Waals surface area contributed by atoms with E-state index in [4.69, 9.17) is 10.0 Å². The van der Waals surface area contributed by atoms with Gasteiger partial charge in [-0.05, 0) is 201 Å². The summed E-state index contributed by atoms with van der Waals surface area (Å²) in [6.45, 7) is 1.18. The maximum atomic E-state index is 12.9. The van der Waals surface area contributed by atoms with Gasteiger partial charge < -0.3 is 24.3 Å². The standard InChI is InChI=1S/2C23H19F3N4O2.C20H14BrF3N4O2.C6H13BO2.CH4/c2*24-23(25,26)32-18-8-5-15(6-9-18)17-7-10-21-28-30(22(31)29(21)14-17)13-11-20-19(16-3-4-16)2-1-12-27-20;21-16-2-1-10-25-17(16)9-11-28-19(29)27-12-14(5-8-18(27)26-28)13-3-6-15(7-4-13)30-20(22,23)24;8-7(9)6-4-2-1-3-5-6;/h2*1-2,5-10,12,14,16H,3-4,11,13H2;1-8,10,12H,9,11H2;6,8-9H,1-5H2;1H4. The fraction of sp³-hybridized carbons (Fsp3) is 0.301. The summed E-state index contributed by atoms with van der Waals surface area (Å²) in [7, 11) is -1.06. The summed E-state index contributed by atoms with van der Waals surface area (Å²) in [5, 5.41) is 30.6. The van der Waals surface area contributed by atoms with Gasteiger partial charge in [-0.25, -0.2) is 41.6 Å². The van der Waals surface area contributed by atoms with E-state index in [2.05, 4.69) is 72.5 Å². The Hall–Kier alpha value is -10.4. The lowest BCUT2D eigenvalue weighted by molar-refractivity contribution is -0.275. The molecule has 3 aliphatic carbocycles. The second-order valence-corrected chi connectivity index (χ2v) is 25.6. The van der Waals surface area contributed by atoms with E-state index in [0.717, 1.165) is 34.4 Å². The van der Waals surface area contributed by atoms with Gasteiger partial charge >= 0.3 is 43.3 Å². The summed E-state index contributed by atoms with van der Waals surface area (Å²) in [6, 6.07) is 38.6. The van der Waals surface area contributed by atoms with Crippen LogP contribution in [0.5, 0.6) is 17.2 Å². The second kappa shape index (κ2) is 32.5. The van der Waals surface area contributed by atoms with Crippen LogP contribution in [0.15, 0.2) is 202 Å². The third kappa shape index (κ3) is 19.7. The highest BCUT2D eigenvalue weighted by atomic mass is 79.9. The van der Waals surface area contributed by atoms with Gasteiger partial charge in [-0.3, -0.25) is 15.0 Å². The number of ether oxygens (including phenoxy) is 3. The van der Waals surface area contributed by atoms with Crippen molar-refractivity contribution in [2.45, 2.75) is 141 Å². The summed E-state index contributed by atoms with van der Waals surface area (Å²) in [5.41, 5.74) is 9.92. The molecule has 0 saturated heterocycles. The number of nitrogens with zero attached hydrogens (tertiary/aromatic N) is 12. The second-order valence-electron chi connectivity index (χ2n) is 24.8. The quantitative estimate of drug-likeness (QED) is 0.0602. The number of hydrogen-bond acceptors (Lipinski definition) is 14. The van der Waals surface area contributed by atoms with E-state index < -0.39 is 26.2 Å². The Morgan fingerprint density at radius 1 is 0.413 bits per heavy atom. The van der Waals surface area contributed by atoms with Crippen LogP contribution in [0.1, 0.15) is 105 Å². The molecule has 9 heterocycles. The van der Waals surface area contributed by atoms with Crippen LogP contribution in [0.3, 0.4) is 0 Å². The molecule has 0 atom stereocenters. The van der Waals surface area contributed by atoms with E-state index in [0.29, 0.717) is 101 Å². The smallest absolute Gasteiger partial charge is 0.427 e. The Morgan fingerprint density at radius 2 is 0.721 bits per heavy atom. The monoisotopic (exact) mass is 1500 g/mol. The molecular formula is C73H69BBrF9N12O8. The molecule has 20 nitrogen and oxygen atoms in total. The van der Waals surface area contributed by atoms with Crippen molar-refractivity contribution in [1.82, 2.24) is 57.5 Å². The third-order valence-electron chi connectivity index (χ3n) is 17.5. The number of alkyl halides is 9. The number of hydrogen-bond donors (Lipinski definition) is 2. The molecule has 0 spiro atoms. The predicted octanol–water partition coefficient (Wildman–Crippen LogP) is 15.0. The van der Waals surface area contributed by atoms with E-state index in [1.165, 1.54) is 156 Å². The number of benzene rings is 3. The van der Waals surface area contributed by atoms with Crippen LogP contribution in [0.4, 0.5) is 39.5 Å². The van der Waals surface area contributed by atoms with Crippen LogP contribution in [-0.4, -0.2) is 93.7 Å². The van der Waals surface area contributed by atoms with Gasteiger partial charge in [0.1, 0.15) is 17.2 Å². The number of pyridine rings is 6. The number of aromatic nitrogens is 12. The molecule has 3 aromatic carbocycles. The normalized spacial score (nSPS) is 14.0. The summed E-state index contributed by atoms with van der Waals surface area (Å²) < 4.78 is 132. The summed E-state index contributed by atoms with van der Waals surface area (Å²) >= 11 is 3.43. The minimum absolute atomic E-state index is 0. The molecule has 9 aromatic heterocycles. The first-order valence-corrected chi connectivity index (χ1v) is 33.8. The highest BCUT2D eigenvalue weighted by Gasteiger charge is 2.34. The Kier molecular flexibility index (Phi) is 23.4. The molecule has 15 rings (SSSR count). The van der Waals surface area contributed by atoms with Gasteiger partial charge in [-0.1, -0.05) is 88.1 Å². The van der Waals surface area contributed by atoms with E-state index >= 15 is 0 Å². The van der Waals surface area contributed by atoms with Crippen LogP contribution >= 0.6 is 15.9 Å². The van der Waals surface area contributed by atoms with Gasteiger partial charge in [0.2, 0.25) is 0 Å². The molecule has 31 heteroatoms. The first kappa shape index (κ1) is 74.8. The largest absolute Gasteiger partial charge is 0.573 e. The lowest BCUT2D eigenvalue weighted by atomic mass is 9.65. The van der Waals surface area contributed by atoms with Crippen molar-refractivity contribution in [3.05, 3.63) is 247 Å². The summed E-state index contributed by atoms with van der Waals surface area (Å²) in [6.07, 6.45) is 7.96. The predicted molar refractivity (Wildman–Crippen MR) is 374 cm³/mol. The van der Waals surface area contributed by atoms with E-state index in [1.54, 1.807) is 73.6 Å². The third-order valence-corrected chi connectivity index (χ3v) is 18.2. The maximum Gasteiger partial charge on any atom is 0.573 e. The Morgan fingerprint density at radius 3 is 1.02 bits per heavy atom. The minimum Gasteiger partial charge on any atom is -0.427 e. The van der Waals surface area contributed by atoms with E-state index in [-0.39, 0.29) is 47.6 Å². The van der Waals surface area contributed by atoms with Crippen molar-refractivity contribution in [3.63, 3.8) is 0 Å². The van der Waals surface area contributed by atoms with Crippen molar-refractivity contribution in [3.8, 4) is 50.6 Å². The molecule has 542 valence electrons. The van der Waals surface area contributed by atoms with Crippen molar-refractivity contribution in [1.29, 1.82) is 0 Å². The van der Waals surface area contributed by atoms with Crippen molar-refractivity contribution >= 4 is 40.0 Å². The Balaban J connectivity index is 0.000000146. The van der Waals surface area contributed by atoms with Gasteiger partial charge in [0.15, 0.2) is 16.9 Å². The molecule has 0 bridgehead atoms. The first-order valence-electron chi connectivity index (χ1n) is 33.0. The van der Waals surface area contributed by atoms with Crippen LogP contribution in [-0.2, 0) is 38.9 Å². The van der Waals surface area contributed by atoms with Crippen LogP contribution in [0.25, 0.3) is 50.3 Å². The fourth-order valence-electron chi connectivity index (χ4n) is 12.1. The topological polar surface area (TPSA) is 225 Å². The number of halogens is 10. The molecule has 3 saturated carbocycles. The lowest BCUT2D eigenvalue weighted by Crippen LogP contribution is -2.22. The zero-order valence-electron chi connectivity index (χ0n) is 54.7. The Bertz CT molecular complexity index is 4880. The van der Waals surface area contributed by atoms with Crippen LogP contribution in [0, 0.1) is 0 Å². The number of rotatable bonds is 18. The van der Waals surface area contributed by atoms with Gasteiger partial charge in [0.25, 0.3) is 0 Å². The molecule has 0 aliphatic heterocycles. The Labute approximate surface area is 596 Å². The minimum atomic E-state index is -4.74. The summed E-state index contributed by atoms with van der Waals surface area (Å²) in [5.74, 6) is 0.412. The molecule has 104 heavy (non-hydrogen) atoms. The molecule has 3 aliphatic rings. The molecule has 0 amide bonds. The van der Waals surface area contributed by atoms with Crippen molar-refractivity contribution in [2.75, 3.05) is 0 Å². The number of fused-ring (bicyclic) bond motifs is 3. The molecular weight excluding hydrogens is 1430 g/mol. The number of aryl methyl sites for hydroxylation is 6. The zero-order chi connectivity index (χ0) is 72.6. The van der Waals surface area contributed by atoms with E-state index in [1.807, 2.05) is 24.3 Å². The van der Waals surface area contributed by atoms with E-state index in [9.17, 15) is 53.9 Å². The zero-order valence-corrected chi connectivity index (χ0v) is 56.3. The van der Waals surface area contributed by atoms with Crippen molar-refractivity contribution < 1.29 is 63.8 Å². The van der Waals surface area contributed by atoms with Gasteiger partial charge in [0.05, 0.1) is 25.3 Å². The molecule has 0 unspecified atom stereocenters. The molecule has 2 N–H and O–H groups in total. The highest BCUT2D eigenvalue weighted by Crippen LogP contribution is 2.42. The molecule has 0 radical (unpaired) electrons. The SMILES string of the molecule is C.O=c1n(CCc2ncccc2Br)nc2ccc(-c3ccc(OC(F)(F)F)cc3)cn12.O=c1n(CCc2ncccc2C2CC2)nc2ccc(-c3ccc(OC(F)(F)F)cc3)cn12.O=c1n(CCc2ncccc2C2CC2)nc2ccc(-c3ccc(OC(F)(F)F)cc3)cn12.OB(O)C1CCCCC1. The van der Waals surface area contributed by atoms with Crippen LogP contribution in [0.2, 0.25) is 5.82 Å². The van der Waals surface area contributed by atoms with Gasteiger partial charge in [-0.15, -0.1) is 54.8 Å². The summed E-state index contributed by atoms with van der Waals surface area (Å²) in [4.78, 5) is 51.7. The highest BCUT2D eigenvalue weighted by molar-refractivity contribution is 9.10. The van der Waals surface area contributed by atoms with Gasteiger partial charge in [-0.2, -0.15) is 0 Å². The fourth-order valence-corrected chi connectivity index (χ4v) is 12.5. The maximum absolute atomic E-state index is 12.9. The molecule has 3 fully saturated rings. The van der Waals surface area contributed by atoms with Crippen LogP contribution < -0.4 is 31.3 Å². The lowest BCUT2D eigenvalue weighted by Gasteiger charge is -2.19. The average molecular weight is 1500 g/mol. The first-order chi connectivity index (χ1) is 49.3.